The Morgan fingerprint density at radius 1 is 0.944 bits per heavy atom. The van der Waals surface area contributed by atoms with Crippen LogP contribution >= 0.6 is 0 Å². The van der Waals surface area contributed by atoms with Gasteiger partial charge in [-0.05, 0) is 69.2 Å². The number of likely N-dealkylation sites (tertiary alicyclic amines) is 1. The minimum absolute atomic E-state index is 0.145. The number of non-ortho nitro benzene ring substituents is 1. The molecule has 4 atom stereocenters. The quantitative estimate of drug-likeness (QED) is 0.0597. The van der Waals surface area contributed by atoms with E-state index in [0.717, 1.165) is 0 Å². The molecule has 2 aromatic rings. The van der Waals surface area contributed by atoms with Gasteiger partial charge in [0, 0.05) is 43.5 Å². The third-order valence-corrected chi connectivity index (χ3v) is 8.70. The third kappa shape index (κ3) is 12.9. The average Bonchev–Trinajstić information content (AvgIpc) is 3.65. The lowest BCUT2D eigenvalue weighted by Crippen LogP contribution is -2.57. The van der Waals surface area contributed by atoms with Crippen LogP contribution in [0.5, 0.6) is 0 Å². The van der Waals surface area contributed by atoms with Gasteiger partial charge in [0.2, 0.25) is 29.5 Å². The average molecular weight is 753 g/mol. The van der Waals surface area contributed by atoms with E-state index in [1.54, 1.807) is 32.0 Å². The number of anilines is 1. The number of amides is 6. The molecule has 18 heteroatoms. The topological polar surface area (TPSA) is 248 Å². The highest BCUT2D eigenvalue weighted by molar-refractivity contribution is 5.99. The minimum Gasteiger partial charge on any atom is -0.469 e. The van der Waals surface area contributed by atoms with Gasteiger partial charge in [-0.1, -0.05) is 19.9 Å². The van der Waals surface area contributed by atoms with E-state index in [9.17, 15) is 43.7 Å². The number of rotatable bonds is 19. The molecule has 0 spiro atoms. The molecular formula is C36H48N8O10. The van der Waals surface area contributed by atoms with Crippen molar-refractivity contribution >= 4 is 52.8 Å². The van der Waals surface area contributed by atoms with Gasteiger partial charge in [-0.15, -0.1) is 0 Å². The summed E-state index contributed by atoms with van der Waals surface area (Å²) in [6.07, 6.45) is 2.93. The first-order valence-corrected chi connectivity index (χ1v) is 17.7. The number of pyridine rings is 1. The molecule has 6 amide bonds. The first kappa shape index (κ1) is 42.5. The van der Waals surface area contributed by atoms with Gasteiger partial charge in [-0.25, -0.2) is 0 Å². The molecule has 3 rings (SSSR count). The number of benzene rings is 1. The number of carbonyl (C=O) groups excluding carboxylic acids is 7. The van der Waals surface area contributed by atoms with Gasteiger partial charge >= 0.3 is 5.97 Å². The molecule has 1 aromatic heterocycles. The zero-order valence-corrected chi connectivity index (χ0v) is 30.8. The van der Waals surface area contributed by atoms with Crippen molar-refractivity contribution in [2.45, 2.75) is 89.9 Å². The van der Waals surface area contributed by atoms with E-state index < -0.39 is 64.6 Å². The second kappa shape index (κ2) is 20.9. The number of nitro groups is 1. The first-order chi connectivity index (χ1) is 25.7. The van der Waals surface area contributed by atoms with Crippen LogP contribution in [0.3, 0.4) is 0 Å². The molecule has 1 aromatic carbocycles. The molecule has 2 heterocycles. The number of ether oxygens (including phenoxy) is 1. The maximum atomic E-state index is 13.6. The molecular weight excluding hydrogens is 704 g/mol. The number of nitro benzene ring substituents is 1. The fourth-order valence-corrected chi connectivity index (χ4v) is 5.71. The fourth-order valence-electron chi connectivity index (χ4n) is 5.71. The lowest BCUT2D eigenvalue weighted by atomic mass is 10.0. The van der Waals surface area contributed by atoms with Crippen molar-refractivity contribution in [3.8, 4) is 0 Å². The van der Waals surface area contributed by atoms with Gasteiger partial charge in [-0.2, -0.15) is 0 Å². The molecule has 54 heavy (non-hydrogen) atoms. The Hall–Kier alpha value is -5.94. The minimum atomic E-state index is -1.09. The summed E-state index contributed by atoms with van der Waals surface area (Å²) < 4.78 is 4.58. The lowest BCUT2D eigenvalue weighted by Gasteiger charge is -2.30. The van der Waals surface area contributed by atoms with Crippen molar-refractivity contribution in [1.29, 1.82) is 0 Å². The molecule has 0 radical (unpaired) electrons. The third-order valence-electron chi connectivity index (χ3n) is 8.70. The molecule has 1 aliphatic heterocycles. The van der Waals surface area contributed by atoms with E-state index in [-0.39, 0.29) is 55.6 Å². The Kier molecular flexibility index (Phi) is 16.5. The van der Waals surface area contributed by atoms with Crippen LogP contribution in [-0.4, -0.2) is 101 Å². The number of carbonyl (C=O) groups is 7. The Morgan fingerprint density at radius 2 is 1.67 bits per heavy atom. The SMILES string of the molecule is COC(=O)CCC(=O)NC(CCCCNC(=O)c1ccccn1)C(=O)NC(C)C(=O)N1CCCC1C(=O)NC(C(=O)Nc1ccc([N+](=O)[O-])cc1)C(C)C. The monoisotopic (exact) mass is 752 g/mol. The molecule has 292 valence electrons. The summed E-state index contributed by atoms with van der Waals surface area (Å²) in [5, 5.41) is 24.4. The Bertz CT molecular complexity index is 1650. The highest BCUT2D eigenvalue weighted by atomic mass is 16.6. The van der Waals surface area contributed by atoms with E-state index >= 15 is 0 Å². The predicted octanol–water partition coefficient (Wildman–Crippen LogP) is 1.60. The lowest BCUT2D eigenvalue weighted by molar-refractivity contribution is -0.384. The molecule has 1 fully saturated rings. The highest BCUT2D eigenvalue weighted by Crippen LogP contribution is 2.21. The van der Waals surface area contributed by atoms with Crippen LogP contribution in [0.4, 0.5) is 11.4 Å². The normalized spacial score (nSPS) is 15.3. The summed E-state index contributed by atoms with van der Waals surface area (Å²) in [6.45, 7) is 5.45. The molecule has 1 saturated heterocycles. The van der Waals surface area contributed by atoms with Crippen molar-refractivity contribution in [3.63, 3.8) is 0 Å². The summed E-state index contributed by atoms with van der Waals surface area (Å²) in [5.41, 5.74) is 0.417. The number of hydrogen-bond acceptors (Lipinski definition) is 11. The summed E-state index contributed by atoms with van der Waals surface area (Å²) >= 11 is 0. The molecule has 0 saturated carbocycles. The van der Waals surface area contributed by atoms with E-state index in [1.807, 2.05) is 0 Å². The van der Waals surface area contributed by atoms with Gasteiger partial charge in [0.05, 0.1) is 18.5 Å². The number of nitrogens with one attached hydrogen (secondary N) is 5. The number of esters is 1. The second-order valence-corrected chi connectivity index (χ2v) is 13.1. The smallest absolute Gasteiger partial charge is 0.306 e. The van der Waals surface area contributed by atoms with Gasteiger partial charge in [0.15, 0.2) is 0 Å². The molecule has 0 aliphatic carbocycles. The number of aromatic nitrogens is 1. The predicted molar refractivity (Wildman–Crippen MR) is 194 cm³/mol. The van der Waals surface area contributed by atoms with E-state index in [4.69, 9.17) is 0 Å². The Labute approximate surface area is 312 Å². The number of nitrogens with zero attached hydrogens (tertiary/aromatic N) is 3. The largest absolute Gasteiger partial charge is 0.469 e. The van der Waals surface area contributed by atoms with Crippen molar-refractivity contribution in [2.75, 3.05) is 25.5 Å². The van der Waals surface area contributed by atoms with Crippen LogP contribution < -0.4 is 26.6 Å². The van der Waals surface area contributed by atoms with Gasteiger partial charge in [0.25, 0.3) is 11.6 Å². The summed E-state index contributed by atoms with van der Waals surface area (Å²) in [4.78, 5) is 106. The zero-order chi connectivity index (χ0) is 39.8. The summed E-state index contributed by atoms with van der Waals surface area (Å²) in [6, 6.07) is 6.13. The van der Waals surface area contributed by atoms with Crippen LogP contribution in [0.2, 0.25) is 0 Å². The maximum absolute atomic E-state index is 13.6. The fraction of sp³-hybridized carbons (Fsp3) is 0.500. The van der Waals surface area contributed by atoms with Crippen LogP contribution in [0.15, 0.2) is 48.7 Å². The van der Waals surface area contributed by atoms with Crippen molar-refractivity contribution < 1.29 is 43.2 Å². The standard InChI is InChI=1S/C36H48N8O10/c1-22(2)31(35(50)40-24-13-15-25(16-14-24)44(52)53)42-34(49)28-12-9-21-43(28)36(51)23(3)39-33(48)27(41-29(45)17-18-30(46)54-4)11-6-8-20-38-32(47)26-10-5-7-19-37-26/h5,7,10,13-16,19,22-23,27-28,31H,6,8-9,11-12,17-18,20-21H2,1-4H3,(H,38,47)(H,39,48)(H,40,50)(H,41,45)(H,42,49). The molecule has 18 nitrogen and oxygen atoms in total. The molecule has 1 aliphatic rings. The van der Waals surface area contributed by atoms with E-state index in [2.05, 4.69) is 36.3 Å². The van der Waals surface area contributed by atoms with Crippen molar-refractivity contribution in [1.82, 2.24) is 31.2 Å². The Morgan fingerprint density at radius 3 is 2.30 bits per heavy atom. The first-order valence-electron chi connectivity index (χ1n) is 17.7. The Balaban J connectivity index is 1.60. The summed E-state index contributed by atoms with van der Waals surface area (Å²) in [5.74, 6) is -4.16. The molecule has 0 bridgehead atoms. The number of unbranched alkanes of at least 4 members (excludes halogenated alkanes) is 1. The number of hydrogen-bond donors (Lipinski definition) is 5. The van der Waals surface area contributed by atoms with E-state index in [0.29, 0.717) is 31.4 Å². The van der Waals surface area contributed by atoms with Crippen LogP contribution in [-0.2, 0) is 33.5 Å². The van der Waals surface area contributed by atoms with Gasteiger partial charge in [0.1, 0.15) is 29.9 Å². The van der Waals surface area contributed by atoms with E-state index in [1.165, 1.54) is 49.4 Å². The van der Waals surface area contributed by atoms with Crippen molar-refractivity contribution in [3.05, 3.63) is 64.5 Å². The summed E-state index contributed by atoms with van der Waals surface area (Å²) in [7, 11) is 1.19. The molecule has 5 N–H and O–H groups in total. The number of methoxy groups -OCH3 is 1. The van der Waals surface area contributed by atoms with Gasteiger partial charge < -0.3 is 36.2 Å². The highest BCUT2D eigenvalue weighted by Gasteiger charge is 2.38. The molecule has 4 unspecified atom stereocenters. The maximum Gasteiger partial charge on any atom is 0.306 e. The van der Waals surface area contributed by atoms with Crippen LogP contribution in [0, 0.1) is 16.0 Å². The van der Waals surface area contributed by atoms with Crippen LogP contribution in [0.25, 0.3) is 0 Å². The second-order valence-electron chi connectivity index (χ2n) is 13.1. The van der Waals surface area contributed by atoms with Gasteiger partial charge in [-0.3, -0.25) is 48.7 Å². The zero-order valence-electron chi connectivity index (χ0n) is 30.8. The van der Waals surface area contributed by atoms with Crippen LogP contribution in [0.1, 0.15) is 76.2 Å². The van der Waals surface area contributed by atoms with Crippen molar-refractivity contribution in [2.24, 2.45) is 5.92 Å².